The molecule has 0 aliphatic heterocycles. The Hall–Kier alpha value is -2.99. The maximum atomic E-state index is 12.8. The number of ether oxygens (including phenoxy) is 1. The van der Waals surface area contributed by atoms with Crippen LogP contribution in [0.2, 0.25) is 0 Å². The predicted octanol–water partition coefficient (Wildman–Crippen LogP) is 3.35. The van der Waals surface area contributed by atoms with E-state index in [1.165, 1.54) is 10.8 Å². The maximum Gasteiger partial charge on any atom is 0.343 e. The van der Waals surface area contributed by atoms with Crippen LogP contribution in [0.5, 0.6) is 0 Å². The number of para-hydroxylation sites is 1. The van der Waals surface area contributed by atoms with E-state index in [0.717, 1.165) is 16.0 Å². The van der Waals surface area contributed by atoms with Crippen LogP contribution in [0, 0.1) is 0 Å². The third-order valence-electron chi connectivity index (χ3n) is 3.55. The van der Waals surface area contributed by atoms with Gasteiger partial charge >= 0.3 is 10.8 Å². The number of hydrogen-bond donors (Lipinski definition) is 0. The first kappa shape index (κ1) is 16.9. The Bertz CT molecular complexity index is 1010. The average Bonchev–Trinajstić information content (AvgIpc) is 2.95. The smallest absolute Gasteiger partial charge is 0.343 e. The van der Waals surface area contributed by atoms with Crippen LogP contribution in [0.1, 0.15) is 17.3 Å². The lowest BCUT2D eigenvalue weighted by molar-refractivity contribution is -0.137. The third kappa shape index (κ3) is 3.44. The number of benzene rings is 2. The lowest BCUT2D eigenvalue weighted by Gasteiger charge is -2.07. The Morgan fingerprint density at radius 2 is 1.76 bits per heavy atom. The van der Waals surface area contributed by atoms with E-state index in [0.29, 0.717) is 11.1 Å². The van der Waals surface area contributed by atoms with E-state index in [4.69, 9.17) is 4.74 Å². The Balaban J connectivity index is 2.15. The summed E-state index contributed by atoms with van der Waals surface area (Å²) in [7, 11) is 0. The Labute approximate surface area is 147 Å². The molecule has 25 heavy (non-hydrogen) atoms. The summed E-state index contributed by atoms with van der Waals surface area (Å²) >= 11 is 1.05. The van der Waals surface area contributed by atoms with Crippen molar-refractivity contribution < 1.29 is 14.3 Å². The molecule has 1 heterocycles. The van der Waals surface area contributed by atoms with Gasteiger partial charge in [-0.25, -0.2) is 4.79 Å². The average molecular weight is 353 g/mol. The second-order valence-electron chi connectivity index (χ2n) is 5.16. The first-order valence-corrected chi connectivity index (χ1v) is 8.52. The molecule has 0 radical (unpaired) electrons. The molecule has 0 saturated heterocycles. The molecule has 5 nitrogen and oxygen atoms in total. The number of Topliss-reactive ketones (excluding diaryl/α,β-unsaturated/α-hetero) is 1. The third-order valence-corrected chi connectivity index (χ3v) is 4.49. The van der Waals surface area contributed by atoms with Crippen molar-refractivity contribution in [3.05, 3.63) is 75.4 Å². The molecule has 0 N–H and O–H groups in total. The number of carbonyl (C=O) groups excluding carboxylic acids is 2. The summed E-state index contributed by atoms with van der Waals surface area (Å²) in [6.07, 6.45) is 1.27. The predicted molar refractivity (Wildman–Crippen MR) is 97.8 cm³/mol. The van der Waals surface area contributed by atoms with E-state index in [1.807, 2.05) is 12.1 Å². The van der Waals surface area contributed by atoms with Crippen molar-refractivity contribution in [1.82, 2.24) is 4.57 Å². The summed E-state index contributed by atoms with van der Waals surface area (Å²) < 4.78 is 7.10. The van der Waals surface area contributed by atoms with Crippen molar-refractivity contribution in [3.63, 3.8) is 0 Å². The Morgan fingerprint density at radius 1 is 1.08 bits per heavy atom. The largest absolute Gasteiger partial charge is 0.462 e. The van der Waals surface area contributed by atoms with Crippen molar-refractivity contribution in [2.45, 2.75) is 6.92 Å². The molecule has 2 aromatic carbocycles. The highest BCUT2D eigenvalue weighted by molar-refractivity contribution is 7.16. The standard InChI is InChI=1S/C19H15NO4S/c1-2-24-18(22)14(17(21)13-8-4-3-5-9-13)12-20-15-10-6-7-11-16(15)25-19(20)23/h3-12H,2H2,1H3/b14-12+. The van der Waals surface area contributed by atoms with E-state index in [9.17, 15) is 14.4 Å². The van der Waals surface area contributed by atoms with Crippen LogP contribution in [0.3, 0.4) is 0 Å². The molecule has 3 rings (SSSR count). The van der Waals surface area contributed by atoms with E-state index in [2.05, 4.69) is 0 Å². The molecule has 0 unspecified atom stereocenters. The van der Waals surface area contributed by atoms with Gasteiger partial charge in [0.15, 0.2) is 0 Å². The minimum absolute atomic E-state index is 0.136. The summed E-state index contributed by atoms with van der Waals surface area (Å²) in [5.41, 5.74) is 0.813. The van der Waals surface area contributed by atoms with E-state index < -0.39 is 11.8 Å². The molecule has 0 fully saturated rings. The highest BCUT2D eigenvalue weighted by Crippen LogP contribution is 2.19. The lowest BCUT2D eigenvalue weighted by Crippen LogP contribution is -2.19. The van der Waals surface area contributed by atoms with Crippen molar-refractivity contribution in [1.29, 1.82) is 0 Å². The zero-order valence-electron chi connectivity index (χ0n) is 13.5. The zero-order valence-corrected chi connectivity index (χ0v) is 14.3. The molecule has 0 saturated carbocycles. The molecule has 0 aliphatic carbocycles. The molecular weight excluding hydrogens is 338 g/mol. The van der Waals surface area contributed by atoms with Crippen LogP contribution < -0.4 is 4.87 Å². The summed E-state index contributed by atoms with van der Waals surface area (Å²) in [6, 6.07) is 15.6. The number of carbonyl (C=O) groups is 2. The molecule has 0 amide bonds. The van der Waals surface area contributed by atoms with Crippen LogP contribution in [0.25, 0.3) is 16.4 Å². The van der Waals surface area contributed by atoms with Crippen molar-refractivity contribution in [2.75, 3.05) is 6.61 Å². The fourth-order valence-corrected chi connectivity index (χ4v) is 3.25. The summed E-state index contributed by atoms with van der Waals surface area (Å²) in [5.74, 6) is -1.24. The summed E-state index contributed by atoms with van der Waals surface area (Å²) in [6.45, 7) is 1.80. The van der Waals surface area contributed by atoms with Gasteiger partial charge < -0.3 is 4.74 Å². The molecule has 1 aromatic heterocycles. The first-order chi connectivity index (χ1) is 12.1. The second kappa shape index (κ2) is 7.27. The first-order valence-electron chi connectivity index (χ1n) is 7.70. The van der Waals surface area contributed by atoms with E-state index in [1.54, 1.807) is 49.4 Å². The van der Waals surface area contributed by atoms with Gasteiger partial charge in [0.05, 0.1) is 16.8 Å². The SMILES string of the molecule is CCOC(=O)/C(=C/n1c(=O)sc2ccccc21)C(=O)c1ccccc1. The molecule has 0 spiro atoms. The number of esters is 1. The van der Waals surface area contributed by atoms with Gasteiger partial charge in [-0.1, -0.05) is 53.8 Å². The highest BCUT2D eigenvalue weighted by Gasteiger charge is 2.22. The number of nitrogens with zero attached hydrogens (tertiary/aromatic N) is 1. The minimum atomic E-state index is -0.751. The fraction of sp³-hybridized carbons (Fsp3) is 0.105. The van der Waals surface area contributed by atoms with Gasteiger partial charge in [-0.3, -0.25) is 14.2 Å². The monoisotopic (exact) mass is 353 g/mol. The lowest BCUT2D eigenvalue weighted by atomic mass is 10.0. The van der Waals surface area contributed by atoms with E-state index >= 15 is 0 Å². The van der Waals surface area contributed by atoms with Crippen LogP contribution in [0.15, 0.2) is 65.0 Å². The van der Waals surface area contributed by atoms with Crippen molar-refractivity contribution in [3.8, 4) is 0 Å². The van der Waals surface area contributed by atoms with Crippen molar-refractivity contribution in [2.24, 2.45) is 0 Å². The maximum absolute atomic E-state index is 12.8. The number of thiazole rings is 1. The normalized spacial score (nSPS) is 11.5. The Kier molecular flexibility index (Phi) is 4.90. The van der Waals surface area contributed by atoms with Gasteiger partial charge in [-0.05, 0) is 19.1 Å². The van der Waals surface area contributed by atoms with Crippen LogP contribution in [-0.4, -0.2) is 22.9 Å². The molecule has 0 atom stereocenters. The number of fused-ring (bicyclic) bond motifs is 1. The minimum Gasteiger partial charge on any atom is -0.462 e. The van der Waals surface area contributed by atoms with Gasteiger partial charge in [0.1, 0.15) is 5.57 Å². The molecule has 0 bridgehead atoms. The number of ketones is 1. The highest BCUT2D eigenvalue weighted by atomic mass is 32.1. The molecule has 3 aromatic rings. The summed E-state index contributed by atoms with van der Waals surface area (Å²) in [5, 5.41) is 0. The topological polar surface area (TPSA) is 65.4 Å². The number of rotatable bonds is 5. The van der Waals surface area contributed by atoms with Crippen molar-refractivity contribution >= 4 is 39.5 Å². The quantitative estimate of drug-likeness (QED) is 0.232. The summed E-state index contributed by atoms with van der Waals surface area (Å²) in [4.78, 5) is 37.1. The van der Waals surface area contributed by atoms with Gasteiger partial charge in [0, 0.05) is 11.8 Å². The van der Waals surface area contributed by atoms with Gasteiger partial charge in [-0.15, -0.1) is 0 Å². The molecule has 6 heteroatoms. The van der Waals surface area contributed by atoms with Crippen LogP contribution >= 0.6 is 11.3 Å². The Morgan fingerprint density at radius 3 is 2.48 bits per heavy atom. The van der Waals surface area contributed by atoms with Gasteiger partial charge in [0.2, 0.25) is 5.78 Å². The fourth-order valence-electron chi connectivity index (χ4n) is 2.39. The van der Waals surface area contributed by atoms with Gasteiger partial charge in [0.25, 0.3) is 0 Å². The van der Waals surface area contributed by atoms with Crippen LogP contribution in [-0.2, 0) is 9.53 Å². The second-order valence-corrected chi connectivity index (χ2v) is 6.16. The van der Waals surface area contributed by atoms with E-state index in [-0.39, 0.29) is 17.1 Å². The molecule has 0 aliphatic rings. The number of hydrogen-bond acceptors (Lipinski definition) is 5. The molecule has 126 valence electrons. The number of aromatic nitrogens is 1. The zero-order chi connectivity index (χ0) is 17.8. The van der Waals surface area contributed by atoms with Gasteiger partial charge in [-0.2, -0.15) is 0 Å². The molecular formula is C19H15NO4S. The van der Waals surface area contributed by atoms with Crippen LogP contribution in [0.4, 0.5) is 0 Å².